The minimum Gasteiger partial charge on any atom is -0.489 e. The van der Waals surface area contributed by atoms with E-state index in [1.54, 1.807) is 18.5 Å². The molecule has 326 valence electrons. The number of pyridine rings is 2. The number of halogens is 1. The van der Waals surface area contributed by atoms with Crippen LogP contribution in [0.4, 0.5) is 21.6 Å². The van der Waals surface area contributed by atoms with Gasteiger partial charge in [-0.3, -0.25) is 44.1 Å². The van der Waals surface area contributed by atoms with Crippen LogP contribution < -0.4 is 25.2 Å². The maximum absolute atomic E-state index is 15.5. The summed E-state index contributed by atoms with van der Waals surface area (Å²) in [7, 11) is 0. The Bertz CT molecular complexity index is 2560. The SMILES string of the molecule is [C-]#[N+]c1ccc(OC2C(C)(C)C(NC(=O)c3ccc(N4CCC(CN5CCN(c6cc7c(cc6F)C(=O)N(C6CCC(=O)NC6=O)C7=O)CC5)CC4)nc3)C2(C)C)c2cccnc12. The summed E-state index contributed by atoms with van der Waals surface area (Å²) in [5.41, 5.74) is 1.04. The fourth-order valence-electron chi connectivity index (χ4n) is 10.8. The number of nitrogens with zero attached hydrogens (tertiary/aromatic N) is 7. The van der Waals surface area contributed by atoms with Crippen LogP contribution in [0.1, 0.15) is 84.5 Å². The number of hydrogen-bond acceptors (Lipinski definition) is 11. The second-order valence-electron chi connectivity index (χ2n) is 18.6. The van der Waals surface area contributed by atoms with Gasteiger partial charge in [0.05, 0.1) is 34.5 Å². The fourth-order valence-corrected chi connectivity index (χ4v) is 10.8. The number of amides is 5. The molecule has 4 aromatic rings. The van der Waals surface area contributed by atoms with Crippen molar-refractivity contribution in [3.8, 4) is 5.75 Å². The van der Waals surface area contributed by atoms with Gasteiger partial charge in [-0.15, -0.1) is 0 Å². The molecule has 5 amide bonds. The molecule has 15 nitrogen and oxygen atoms in total. The Hall–Kier alpha value is -6.47. The summed E-state index contributed by atoms with van der Waals surface area (Å²) in [5, 5.41) is 6.24. The van der Waals surface area contributed by atoms with Gasteiger partial charge in [-0.05, 0) is 67.6 Å². The molecule has 5 aliphatic rings. The minimum absolute atomic E-state index is 0.0128. The molecule has 2 aromatic carbocycles. The number of rotatable bonds is 9. The van der Waals surface area contributed by atoms with Gasteiger partial charge in [0, 0.05) is 86.9 Å². The van der Waals surface area contributed by atoms with E-state index in [1.165, 1.54) is 6.07 Å². The summed E-state index contributed by atoms with van der Waals surface area (Å²) in [6, 6.07) is 12.3. The van der Waals surface area contributed by atoms with Gasteiger partial charge in [0.1, 0.15) is 29.5 Å². The fraction of sp³-hybridized carbons (Fsp3) is 0.447. The van der Waals surface area contributed by atoms with E-state index < -0.39 is 46.3 Å². The molecule has 63 heavy (non-hydrogen) atoms. The van der Waals surface area contributed by atoms with Crippen LogP contribution in [0.5, 0.6) is 5.75 Å². The zero-order valence-electron chi connectivity index (χ0n) is 35.8. The lowest BCUT2D eigenvalue weighted by Gasteiger charge is -2.63. The van der Waals surface area contributed by atoms with Crippen molar-refractivity contribution in [1.29, 1.82) is 0 Å². The first kappa shape index (κ1) is 41.9. The quantitative estimate of drug-likeness (QED) is 0.165. The van der Waals surface area contributed by atoms with Crippen LogP contribution in [0.3, 0.4) is 0 Å². The van der Waals surface area contributed by atoms with Crippen LogP contribution in [0, 0.1) is 29.1 Å². The maximum Gasteiger partial charge on any atom is 0.262 e. The van der Waals surface area contributed by atoms with Crippen molar-refractivity contribution in [3.05, 3.63) is 94.8 Å². The highest BCUT2D eigenvalue weighted by molar-refractivity contribution is 6.23. The topological polar surface area (TPSA) is 162 Å². The predicted octanol–water partition coefficient (Wildman–Crippen LogP) is 5.37. The van der Waals surface area contributed by atoms with Crippen molar-refractivity contribution in [1.82, 2.24) is 30.4 Å². The first-order chi connectivity index (χ1) is 30.1. The number of aromatic nitrogens is 2. The molecule has 1 saturated carbocycles. The Kier molecular flexibility index (Phi) is 10.6. The number of carbonyl (C=O) groups is 5. The summed E-state index contributed by atoms with van der Waals surface area (Å²) in [5.74, 6) is -1.34. The van der Waals surface area contributed by atoms with E-state index in [4.69, 9.17) is 16.3 Å². The molecule has 1 unspecified atom stereocenters. The van der Waals surface area contributed by atoms with Crippen molar-refractivity contribution >= 4 is 57.6 Å². The molecule has 0 spiro atoms. The lowest BCUT2D eigenvalue weighted by molar-refractivity contribution is -0.163. The average Bonchev–Trinajstić information content (AvgIpc) is 3.51. The van der Waals surface area contributed by atoms with Gasteiger partial charge in [-0.25, -0.2) is 14.2 Å². The highest BCUT2D eigenvalue weighted by atomic mass is 19.1. The van der Waals surface area contributed by atoms with Crippen LogP contribution in [0.2, 0.25) is 0 Å². The van der Waals surface area contributed by atoms with Crippen molar-refractivity contribution < 1.29 is 33.1 Å². The van der Waals surface area contributed by atoms with Crippen molar-refractivity contribution in [2.24, 2.45) is 16.7 Å². The second-order valence-corrected chi connectivity index (χ2v) is 18.6. The summed E-state index contributed by atoms with van der Waals surface area (Å²) >= 11 is 0. The van der Waals surface area contributed by atoms with Gasteiger partial charge in [0.25, 0.3) is 17.7 Å². The highest BCUT2D eigenvalue weighted by Crippen LogP contribution is 2.56. The zero-order valence-corrected chi connectivity index (χ0v) is 35.8. The number of anilines is 2. The third-order valence-corrected chi connectivity index (χ3v) is 13.9. The third-order valence-electron chi connectivity index (χ3n) is 13.9. The third kappa shape index (κ3) is 7.41. The standard InChI is InChI=1S/C47H50FN9O6/c1-46(2)44(47(3,4)45(46)63-36-11-9-33(49-5)39-29(36)7-6-16-50-39)53-40(59)28-8-12-37(51-25-28)56-17-14-27(15-18-56)26-54-19-21-55(22-20-54)35-24-31-30(23-32(35)48)42(61)57(43(31)62)34-10-13-38(58)52-41(34)60/h6-9,11-12,16,23-25,27,34,44-45H,10,13-15,17-22,26H2,1-4H3,(H,53,59)(H,52,58,60). The monoisotopic (exact) mass is 855 g/mol. The van der Waals surface area contributed by atoms with E-state index in [0.717, 1.165) is 54.6 Å². The first-order valence-electron chi connectivity index (χ1n) is 21.6. The molecular formula is C47H50FN9O6. The first-order valence-corrected chi connectivity index (χ1v) is 21.6. The highest BCUT2D eigenvalue weighted by Gasteiger charge is 2.64. The van der Waals surface area contributed by atoms with Crippen LogP contribution >= 0.6 is 0 Å². The second kappa shape index (κ2) is 16.0. The Morgan fingerprint density at radius 3 is 2.29 bits per heavy atom. The number of carbonyl (C=O) groups excluding carboxylic acids is 5. The Balaban J connectivity index is 0.748. The summed E-state index contributed by atoms with van der Waals surface area (Å²) < 4.78 is 22.1. The van der Waals surface area contributed by atoms with Crippen LogP contribution in [0.25, 0.3) is 15.7 Å². The minimum atomic E-state index is -1.11. The lowest BCUT2D eigenvalue weighted by atomic mass is 9.49. The van der Waals surface area contributed by atoms with Gasteiger partial charge in [-0.1, -0.05) is 33.8 Å². The number of fused-ring (bicyclic) bond motifs is 2. The van der Waals surface area contributed by atoms with Gasteiger partial charge in [0.2, 0.25) is 17.5 Å². The molecule has 1 aliphatic carbocycles. The van der Waals surface area contributed by atoms with Crippen molar-refractivity contribution in [2.75, 3.05) is 55.6 Å². The Labute approximate surface area is 364 Å². The normalized spacial score (nSPS) is 23.6. The smallest absolute Gasteiger partial charge is 0.262 e. The van der Waals surface area contributed by atoms with Crippen LogP contribution in [-0.4, -0.2) is 113 Å². The van der Waals surface area contributed by atoms with Crippen LogP contribution in [0.15, 0.2) is 60.9 Å². The lowest BCUT2D eigenvalue weighted by Crippen LogP contribution is -2.74. The number of imide groups is 2. The number of piperazine rings is 1. The summed E-state index contributed by atoms with van der Waals surface area (Å²) in [4.78, 5) is 84.3. The molecule has 4 fully saturated rings. The number of benzene rings is 2. The van der Waals surface area contributed by atoms with Crippen LogP contribution in [-0.2, 0) is 9.59 Å². The predicted molar refractivity (Wildman–Crippen MR) is 232 cm³/mol. The molecule has 4 aliphatic heterocycles. The Morgan fingerprint density at radius 1 is 0.905 bits per heavy atom. The van der Waals surface area contributed by atoms with Crippen molar-refractivity contribution in [2.45, 2.75) is 71.6 Å². The molecule has 2 N–H and O–H groups in total. The molecule has 16 heteroatoms. The number of hydrogen-bond donors (Lipinski definition) is 2. The van der Waals surface area contributed by atoms with E-state index in [9.17, 15) is 24.0 Å². The van der Waals surface area contributed by atoms with E-state index in [-0.39, 0.29) is 47.7 Å². The van der Waals surface area contributed by atoms with Gasteiger partial charge < -0.3 is 19.9 Å². The zero-order chi connectivity index (χ0) is 44.4. The largest absolute Gasteiger partial charge is 0.489 e. The average molecular weight is 856 g/mol. The van der Waals surface area contributed by atoms with Gasteiger partial charge in [-0.2, -0.15) is 0 Å². The van der Waals surface area contributed by atoms with E-state index in [1.807, 2.05) is 35.2 Å². The van der Waals surface area contributed by atoms with E-state index in [0.29, 0.717) is 54.6 Å². The molecule has 6 heterocycles. The van der Waals surface area contributed by atoms with Gasteiger partial charge >= 0.3 is 0 Å². The van der Waals surface area contributed by atoms with E-state index in [2.05, 4.69) is 58.0 Å². The molecule has 2 aromatic heterocycles. The van der Waals surface area contributed by atoms with Crippen molar-refractivity contribution in [3.63, 3.8) is 0 Å². The van der Waals surface area contributed by atoms with Gasteiger partial charge in [0.15, 0.2) is 0 Å². The van der Waals surface area contributed by atoms with E-state index >= 15 is 4.39 Å². The number of piperidine rings is 2. The Morgan fingerprint density at radius 2 is 1.62 bits per heavy atom. The molecule has 1 atom stereocenters. The molecule has 9 rings (SSSR count). The summed E-state index contributed by atoms with van der Waals surface area (Å²) in [6.45, 7) is 21.0. The molecular weight excluding hydrogens is 806 g/mol. The molecule has 0 radical (unpaired) electrons. The summed E-state index contributed by atoms with van der Waals surface area (Å²) in [6.07, 6.45) is 5.12. The number of nitrogens with one attached hydrogen (secondary N) is 2. The number of ether oxygens (including phenoxy) is 1. The molecule has 0 bridgehead atoms. The maximum atomic E-state index is 15.5. The molecule has 3 saturated heterocycles.